The number of ether oxygens (including phenoxy) is 2. The number of nitrogens with one attached hydrogen (secondary N) is 1. The molecule has 12 heteroatoms. The van der Waals surface area contributed by atoms with Crippen molar-refractivity contribution in [2.45, 2.75) is 17.3 Å². The van der Waals surface area contributed by atoms with E-state index >= 15 is 0 Å². The number of hydrogen-bond acceptors (Lipinski definition) is 9. The van der Waals surface area contributed by atoms with Gasteiger partial charge < -0.3 is 19.7 Å². The number of aromatic nitrogens is 3. The van der Waals surface area contributed by atoms with Crippen LogP contribution < -0.4 is 15.0 Å². The smallest absolute Gasteiger partial charge is 0.271 e. The van der Waals surface area contributed by atoms with Gasteiger partial charge in [0.2, 0.25) is 11.9 Å². The van der Waals surface area contributed by atoms with Crippen LogP contribution in [0.2, 0.25) is 0 Å². The Morgan fingerprint density at radius 2 is 1.94 bits per heavy atom. The van der Waals surface area contributed by atoms with Gasteiger partial charge in [0.1, 0.15) is 5.75 Å². The van der Waals surface area contributed by atoms with Gasteiger partial charge in [-0.25, -0.2) is 0 Å². The van der Waals surface area contributed by atoms with Gasteiger partial charge in [0, 0.05) is 25.2 Å². The summed E-state index contributed by atoms with van der Waals surface area (Å²) in [6.45, 7) is 4.33. The molecule has 0 radical (unpaired) electrons. The van der Waals surface area contributed by atoms with Gasteiger partial charge in [-0.15, -0.1) is 10.2 Å². The lowest BCUT2D eigenvalue weighted by Crippen LogP contribution is -2.37. The Hall–Kier alpha value is -3.64. The summed E-state index contributed by atoms with van der Waals surface area (Å²) in [5, 5.41) is 22.6. The number of methoxy groups -OCH3 is 1. The van der Waals surface area contributed by atoms with Crippen LogP contribution in [0, 0.1) is 10.1 Å². The Morgan fingerprint density at radius 3 is 2.62 bits per heavy atom. The predicted molar refractivity (Wildman–Crippen MR) is 128 cm³/mol. The molecule has 1 aliphatic rings. The summed E-state index contributed by atoms with van der Waals surface area (Å²) in [4.78, 5) is 25.7. The van der Waals surface area contributed by atoms with Crippen molar-refractivity contribution in [2.24, 2.45) is 0 Å². The van der Waals surface area contributed by atoms with Gasteiger partial charge in [-0.3, -0.25) is 19.5 Å². The monoisotopic (exact) mass is 484 g/mol. The van der Waals surface area contributed by atoms with E-state index in [0.717, 1.165) is 5.69 Å². The zero-order valence-electron chi connectivity index (χ0n) is 18.7. The van der Waals surface area contributed by atoms with Crippen LogP contribution in [0.4, 0.5) is 17.3 Å². The molecule has 0 saturated carbocycles. The average molecular weight is 485 g/mol. The van der Waals surface area contributed by atoms with Gasteiger partial charge in [0.05, 0.1) is 41.9 Å². The molecule has 0 aliphatic carbocycles. The lowest BCUT2D eigenvalue weighted by Gasteiger charge is -2.28. The lowest BCUT2D eigenvalue weighted by atomic mass is 10.2. The zero-order valence-corrected chi connectivity index (χ0v) is 19.5. The van der Waals surface area contributed by atoms with E-state index in [4.69, 9.17) is 9.47 Å². The van der Waals surface area contributed by atoms with Crippen LogP contribution in [0.3, 0.4) is 0 Å². The summed E-state index contributed by atoms with van der Waals surface area (Å²) in [5.41, 5.74) is 0.965. The number of thioether (sulfide) groups is 1. The van der Waals surface area contributed by atoms with E-state index in [0.29, 0.717) is 43.2 Å². The normalized spacial score (nSPS) is 14.5. The molecule has 2 aromatic carbocycles. The Bertz CT molecular complexity index is 1170. The second-order valence-electron chi connectivity index (χ2n) is 7.44. The maximum Gasteiger partial charge on any atom is 0.271 e. The summed E-state index contributed by atoms with van der Waals surface area (Å²) >= 11 is 1.25. The number of benzene rings is 2. The minimum Gasteiger partial charge on any atom is -0.495 e. The molecule has 11 nitrogen and oxygen atoms in total. The van der Waals surface area contributed by atoms with E-state index in [2.05, 4.69) is 20.4 Å². The maximum atomic E-state index is 13.0. The molecule has 1 amide bonds. The highest BCUT2D eigenvalue weighted by Crippen LogP contribution is 2.32. The van der Waals surface area contributed by atoms with Gasteiger partial charge in [0.25, 0.3) is 5.69 Å². The first-order valence-electron chi connectivity index (χ1n) is 10.6. The fourth-order valence-electron chi connectivity index (χ4n) is 3.46. The van der Waals surface area contributed by atoms with Crippen LogP contribution in [0.15, 0.2) is 53.7 Å². The molecule has 1 unspecified atom stereocenters. The van der Waals surface area contributed by atoms with E-state index in [-0.39, 0.29) is 17.3 Å². The minimum absolute atomic E-state index is 0.143. The number of nitrogens with zero attached hydrogens (tertiary/aromatic N) is 5. The van der Waals surface area contributed by atoms with Crippen molar-refractivity contribution in [3.8, 4) is 11.4 Å². The Morgan fingerprint density at radius 1 is 1.21 bits per heavy atom. The van der Waals surface area contributed by atoms with Crippen LogP contribution in [0.5, 0.6) is 5.75 Å². The SMILES string of the molecule is COc1ccc([N+](=O)[O-])cc1NC(=O)C(C)Sc1nnc(N2CCOCC2)n1-c1ccccc1. The molecule has 1 fully saturated rings. The number of para-hydroxylation sites is 1. The predicted octanol–water partition coefficient (Wildman–Crippen LogP) is 3.14. The van der Waals surface area contributed by atoms with Gasteiger partial charge in [0.15, 0.2) is 5.16 Å². The highest BCUT2D eigenvalue weighted by molar-refractivity contribution is 8.00. The lowest BCUT2D eigenvalue weighted by molar-refractivity contribution is -0.384. The zero-order chi connectivity index (χ0) is 24.1. The molecule has 4 rings (SSSR count). The average Bonchev–Trinajstić information content (AvgIpc) is 3.28. The third-order valence-corrected chi connectivity index (χ3v) is 6.27. The molecule has 2 heterocycles. The number of nitro groups is 1. The molecule has 3 aromatic rings. The van der Waals surface area contributed by atoms with Crippen molar-refractivity contribution in [3.05, 3.63) is 58.6 Å². The largest absolute Gasteiger partial charge is 0.495 e. The first-order chi connectivity index (χ1) is 16.5. The molecule has 0 bridgehead atoms. The standard InChI is InChI=1S/C22H24N6O5S/c1-15(20(29)23-18-14-17(28(30)31)8-9-19(18)32-2)34-22-25-24-21(26-10-12-33-13-11-26)27(22)16-6-4-3-5-7-16/h3-9,14-15H,10-13H2,1-2H3,(H,23,29). The summed E-state index contributed by atoms with van der Waals surface area (Å²) in [6, 6.07) is 13.7. The molecule has 1 N–H and O–H groups in total. The van der Waals surface area contributed by atoms with Gasteiger partial charge >= 0.3 is 0 Å². The summed E-state index contributed by atoms with van der Waals surface area (Å²) in [6.07, 6.45) is 0. The van der Waals surface area contributed by atoms with Gasteiger partial charge in [-0.1, -0.05) is 30.0 Å². The number of non-ortho nitro benzene ring substituents is 1. The second kappa shape index (κ2) is 10.5. The van der Waals surface area contributed by atoms with Crippen molar-refractivity contribution < 1.29 is 19.2 Å². The van der Waals surface area contributed by atoms with Crippen molar-refractivity contribution in [2.75, 3.05) is 43.6 Å². The van der Waals surface area contributed by atoms with E-state index < -0.39 is 10.2 Å². The van der Waals surface area contributed by atoms with Crippen LogP contribution in [-0.4, -0.2) is 64.3 Å². The highest BCUT2D eigenvalue weighted by atomic mass is 32.2. The molecule has 1 aromatic heterocycles. The molecule has 34 heavy (non-hydrogen) atoms. The van der Waals surface area contributed by atoms with Crippen LogP contribution in [-0.2, 0) is 9.53 Å². The summed E-state index contributed by atoms with van der Waals surface area (Å²) < 4.78 is 12.6. The second-order valence-corrected chi connectivity index (χ2v) is 8.75. The topological polar surface area (TPSA) is 125 Å². The van der Waals surface area contributed by atoms with Crippen LogP contribution in [0.25, 0.3) is 5.69 Å². The number of carbonyl (C=O) groups is 1. The van der Waals surface area contributed by atoms with E-state index in [1.807, 2.05) is 34.9 Å². The number of hydrogen-bond donors (Lipinski definition) is 1. The molecule has 1 aliphatic heterocycles. The third-order valence-electron chi connectivity index (χ3n) is 5.23. The highest BCUT2D eigenvalue weighted by Gasteiger charge is 2.25. The number of morpholine rings is 1. The molecule has 1 atom stereocenters. The number of nitro benzene ring substituents is 1. The fourth-order valence-corrected chi connectivity index (χ4v) is 4.33. The molecule has 178 valence electrons. The van der Waals surface area contributed by atoms with Crippen LogP contribution in [0.1, 0.15) is 6.92 Å². The summed E-state index contributed by atoms with van der Waals surface area (Å²) in [7, 11) is 1.44. The first kappa shape index (κ1) is 23.5. The number of rotatable bonds is 8. The first-order valence-corrected chi connectivity index (χ1v) is 11.5. The third kappa shape index (κ3) is 5.13. The maximum absolute atomic E-state index is 13.0. The fraction of sp³-hybridized carbons (Fsp3) is 0.318. The van der Waals surface area contributed by atoms with Crippen molar-refractivity contribution >= 4 is 35.0 Å². The van der Waals surface area contributed by atoms with E-state index in [1.165, 1.54) is 37.1 Å². The molecule has 1 saturated heterocycles. The van der Waals surface area contributed by atoms with Crippen molar-refractivity contribution in [1.29, 1.82) is 0 Å². The number of carbonyl (C=O) groups excluding carboxylic acids is 1. The Balaban J connectivity index is 1.58. The minimum atomic E-state index is -0.576. The molecular formula is C22H24N6O5S. The Kier molecular flexibility index (Phi) is 7.28. The van der Waals surface area contributed by atoms with Crippen molar-refractivity contribution in [3.63, 3.8) is 0 Å². The van der Waals surface area contributed by atoms with Gasteiger partial charge in [-0.05, 0) is 25.1 Å². The van der Waals surface area contributed by atoms with E-state index in [9.17, 15) is 14.9 Å². The molecular weight excluding hydrogens is 460 g/mol. The summed E-state index contributed by atoms with van der Waals surface area (Å²) in [5.74, 6) is 0.669. The van der Waals surface area contributed by atoms with E-state index in [1.54, 1.807) is 6.92 Å². The quantitative estimate of drug-likeness (QED) is 0.292. The number of amides is 1. The molecule has 0 spiro atoms. The number of anilines is 2. The Labute approximate surface area is 200 Å². The van der Waals surface area contributed by atoms with Crippen molar-refractivity contribution in [1.82, 2.24) is 14.8 Å². The van der Waals surface area contributed by atoms with Gasteiger partial charge in [-0.2, -0.15) is 0 Å². The van der Waals surface area contributed by atoms with Crippen LogP contribution >= 0.6 is 11.8 Å².